The highest BCUT2D eigenvalue weighted by Crippen LogP contribution is 2.20. The summed E-state index contributed by atoms with van der Waals surface area (Å²) in [7, 11) is 0. The Morgan fingerprint density at radius 2 is 2.14 bits per heavy atom. The van der Waals surface area contributed by atoms with Crippen LogP contribution in [0.1, 0.15) is 11.5 Å². The molecular weight excluding hydrogens is 280 g/mol. The first-order valence-electron chi connectivity index (χ1n) is 6.67. The van der Waals surface area contributed by atoms with E-state index >= 15 is 0 Å². The normalized spacial score (nSPS) is 11.3. The Bertz CT molecular complexity index is 834. The Morgan fingerprint density at radius 3 is 2.86 bits per heavy atom. The van der Waals surface area contributed by atoms with Crippen LogP contribution in [-0.4, -0.2) is 5.91 Å². The Morgan fingerprint density at radius 1 is 1.27 bits per heavy atom. The molecule has 0 unspecified atom stereocenters. The van der Waals surface area contributed by atoms with Crippen molar-refractivity contribution in [3.8, 4) is 6.07 Å². The van der Waals surface area contributed by atoms with Crippen molar-refractivity contribution < 1.29 is 13.6 Å². The first-order valence-corrected chi connectivity index (χ1v) is 6.67. The Labute approximate surface area is 126 Å². The average Bonchev–Trinajstić information content (AvgIpc) is 3.18. The van der Waals surface area contributed by atoms with Crippen molar-refractivity contribution in [2.45, 2.75) is 6.54 Å². The second kappa shape index (κ2) is 6.02. The fourth-order valence-electron chi connectivity index (χ4n) is 2.04. The fraction of sp³-hybridized carbons (Fsp3) is 0.0588. The van der Waals surface area contributed by atoms with E-state index in [2.05, 4.69) is 5.32 Å². The second-order valence-corrected chi connectivity index (χ2v) is 4.62. The van der Waals surface area contributed by atoms with Crippen molar-refractivity contribution in [1.82, 2.24) is 5.32 Å². The van der Waals surface area contributed by atoms with Crippen LogP contribution in [0.3, 0.4) is 0 Å². The number of nitriles is 1. The van der Waals surface area contributed by atoms with Crippen molar-refractivity contribution in [2.75, 3.05) is 0 Å². The molecule has 2 heterocycles. The van der Waals surface area contributed by atoms with Crippen LogP contribution in [0, 0.1) is 11.3 Å². The molecule has 0 bridgehead atoms. The topological polar surface area (TPSA) is 79.2 Å². The van der Waals surface area contributed by atoms with Gasteiger partial charge in [-0.1, -0.05) is 18.2 Å². The molecule has 22 heavy (non-hydrogen) atoms. The molecule has 0 aliphatic carbocycles. The molecule has 0 fully saturated rings. The molecule has 5 nitrogen and oxygen atoms in total. The van der Waals surface area contributed by atoms with Crippen LogP contribution in [0.15, 0.2) is 63.1 Å². The first-order chi connectivity index (χ1) is 10.8. The monoisotopic (exact) mass is 292 g/mol. The van der Waals surface area contributed by atoms with Gasteiger partial charge >= 0.3 is 0 Å². The van der Waals surface area contributed by atoms with Crippen LogP contribution in [0.2, 0.25) is 0 Å². The van der Waals surface area contributed by atoms with Crippen LogP contribution in [0.25, 0.3) is 17.0 Å². The summed E-state index contributed by atoms with van der Waals surface area (Å²) in [6.07, 6.45) is 2.95. The van der Waals surface area contributed by atoms with Crippen molar-refractivity contribution in [2.24, 2.45) is 0 Å². The molecule has 1 aromatic carbocycles. The molecule has 0 saturated heterocycles. The highest BCUT2D eigenvalue weighted by Gasteiger charge is 2.11. The quantitative estimate of drug-likeness (QED) is 0.591. The molecule has 5 heteroatoms. The number of amides is 1. The van der Waals surface area contributed by atoms with Crippen LogP contribution in [0.4, 0.5) is 0 Å². The van der Waals surface area contributed by atoms with Gasteiger partial charge in [0.25, 0.3) is 5.91 Å². The van der Waals surface area contributed by atoms with Crippen LogP contribution >= 0.6 is 0 Å². The number of furan rings is 2. The molecule has 0 spiro atoms. The highest BCUT2D eigenvalue weighted by molar-refractivity contribution is 6.01. The summed E-state index contributed by atoms with van der Waals surface area (Å²) < 4.78 is 10.7. The fourth-order valence-corrected chi connectivity index (χ4v) is 2.04. The van der Waals surface area contributed by atoms with Crippen LogP contribution in [0.5, 0.6) is 0 Å². The van der Waals surface area contributed by atoms with Crippen molar-refractivity contribution in [1.29, 1.82) is 5.26 Å². The number of rotatable bonds is 4. The molecule has 0 saturated carbocycles. The minimum atomic E-state index is -0.473. The first kappa shape index (κ1) is 13.7. The van der Waals surface area contributed by atoms with Gasteiger partial charge in [0.2, 0.25) is 0 Å². The Kier molecular flexibility index (Phi) is 3.75. The van der Waals surface area contributed by atoms with Gasteiger partial charge in [-0.05, 0) is 24.3 Å². The molecule has 1 N–H and O–H groups in total. The number of carbonyl (C=O) groups excluding carboxylic acids is 1. The second-order valence-electron chi connectivity index (χ2n) is 4.62. The van der Waals surface area contributed by atoms with Gasteiger partial charge in [0, 0.05) is 11.5 Å². The lowest BCUT2D eigenvalue weighted by Gasteiger charge is -2.01. The zero-order valence-electron chi connectivity index (χ0n) is 11.6. The maximum atomic E-state index is 12.0. The Balaban J connectivity index is 1.77. The van der Waals surface area contributed by atoms with Crippen LogP contribution < -0.4 is 5.32 Å². The van der Waals surface area contributed by atoms with Gasteiger partial charge in [-0.15, -0.1) is 0 Å². The summed E-state index contributed by atoms with van der Waals surface area (Å²) in [6, 6.07) is 14.6. The molecule has 3 aromatic rings. The number of nitrogens with one attached hydrogen (secondary N) is 1. The third kappa shape index (κ3) is 2.91. The average molecular weight is 292 g/mol. The molecule has 0 radical (unpaired) electrons. The van der Waals surface area contributed by atoms with E-state index in [0.29, 0.717) is 17.1 Å². The third-order valence-electron chi connectivity index (χ3n) is 3.10. The summed E-state index contributed by atoms with van der Waals surface area (Å²) in [5.74, 6) is 0.611. The van der Waals surface area contributed by atoms with Crippen molar-refractivity contribution in [3.05, 3.63) is 65.8 Å². The summed E-state index contributed by atoms with van der Waals surface area (Å²) >= 11 is 0. The lowest BCUT2D eigenvalue weighted by molar-refractivity contribution is -0.117. The number of nitrogens with zero attached hydrogens (tertiary/aromatic N) is 1. The largest absolute Gasteiger partial charge is 0.467 e. The highest BCUT2D eigenvalue weighted by atomic mass is 16.3. The molecule has 2 aromatic heterocycles. The molecule has 0 atom stereocenters. The van der Waals surface area contributed by atoms with E-state index in [1.165, 1.54) is 12.3 Å². The lowest BCUT2D eigenvalue weighted by Crippen LogP contribution is -2.23. The van der Waals surface area contributed by atoms with Gasteiger partial charge in [-0.25, -0.2) is 0 Å². The zero-order valence-corrected chi connectivity index (χ0v) is 11.6. The SMILES string of the molecule is N#C/C(=C\c1cc2ccccc2o1)C(=O)NCc1ccco1. The molecule has 0 aliphatic heterocycles. The summed E-state index contributed by atoms with van der Waals surface area (Å²) in [4.78, 5) is 12.0. The predicted molar refractivity (Wildman–Crippen MR) is 80.4 cm³/mol. The maximum absolute atomic E-state index is 12.0. The number of para-hydroxylation sites is 1. The molecular formula is C17H12N2O3. The van der Waals surface area contributed by atoms with E-state index in [1.807, 2.05) is 30.3 Å². The van der Waals surface area contributed by atoms with Gasteiger partial charge in [0.15, 0.2) is 0 Å². The minimum absolute atomic E-state index is 0.0226. The standard InChI is InChI=1S/C17H12N2O3/c18-10-13(17(20)19-11-14-5-3-7-21-14)9-15-8-12-4-1-2-6-16(12)22-15/h1-9H,11H2,(H,19,20)/b13-9+. The number of benzene rings is 1. The van der Waals surface area contributed by atoms with Crippen LogP contribution in [-0.2, 0) is 11.3 Å². The van der Waals surface area contributed by atoms with Gasteiger partial charge in [0.05, 0.1) is 12.8 Å². The Hall–Kier alpha value is -3.26. The smallest absolute Gasteiger partial charge is 0.262 e. The van der Waals surface area contributed by atoms with E-state index in [9.17, 15) is 4.79 Å². The van der Waals surface area contributed by atoms with Gasteiger partial charge in [-0.3, -0.25) is 4.79 Å². The van der Waals surface area contributed by atoms with Crippen molar-refractivity contribution >= 4 is 23.0 Å². The number of hydrogen-bond donors (Lipinski definition) is 1. The molecule has 1 amide bonds. The van der Waals surface area contributed by atoms with Gasteiger partial charge in [0.1, 0.15) is 28.7 Å². The lowest BCUT2D eigenvalue weighted by atomic mass is 10.2. The van der Waals surface area contributed by atoms with Gasteiger partial charge < -0.3 is 14.2 Å². The van der Waals surface area contributed by atoms with E-state index in [1.54, 1.807) is 18.2 Å². The van der Waals surface area contributed by atoms with Crippen molar-refractivity contribution in [3.63, 3.8) is 0 Å². The van der Waals surface area contributed by atoms with E-state index in [0.717, 1.165) is 5.39 Å². The molecule has 108 valence electrons. The zero-order chi connectivity index (χ0) is 15.4. The van der Waals surface area contributed by atoms with E-state index in [4.69, 9.17) is 14.1 Å². The third-order valence-corrected chi connectivity index (χ3v) is 3.10. The van der Waals surface area contributed by atoms with Gasteiger partial charge in [-0.2, -0.15) is 5.26 Å². The predicted octanol–water partition coefficient (Wildman–Crippen LogP) is 3.25. The maximum Gasteiger partial charge on any atom is 0.262 e. The molecule has 3 rings (SSSR count). The van der Waals surface area contributed by atoms with E-state index < -0.39 is 5.91 Å². The summed E-state index contributed by atoms with van der Waals surface area (Å²) in [5.41, 5.74) is 0.688. The number of hydrogen-bond acceptors (Lipinski definition) is 4. The minimum Gasteiger partial charge on any atom is -0.467 e. The number of fused-ring (bicyclic) bond motifs is 1. The summed E-state index contributed by atoms with van der Waals surface area (Å²) in [5, 5.41) is 12.7. The summed E-state index contributed by atoms with van der Waals surface area (Å²) in [6.45, 7) is 0.227. The molecule has 0 aliphatic rings. The van der Waals surface area contributed by atoms with E-state index in [-0.39, 0.29) is 12.1 Å². The number of carbonyl (C=O) groups is 1.